The first-order chi connectivity index (χ1) is 18.4. The number of urea groups is 2. The van der Waals surface area contributed by atoms with Gasteiger partial charge in [0.15, 0.2) is 0 Å². The van der Waals surface area contributed by atoms with Gasteiger partial charge in [-0.3, -0.25) is 9.98 Å². The van der Waals surface area contributed by atoms with Crippen LogP contribution in [-0.4, -0.2) is 73.8 Å². The molecule has 0 aliphatic carbocycles. The Hall–Kier alpha value is -4.28. The fourth-order valence-electron chi connectivity index (χ4n) is 4.32. The van der Waals surface area contributed by atoms with Gasteiger partial charge in [-0.25, -0.2) is 9.59 Å². The number of likely N-dealkylation sites (N-methyl/N-ethyl adjacent to an activating group) is 2. The number of amides is 4. The molecule has 4 amide bonds. The molecule has 4 N–H and O–H groups in total. The number of anilines is 4. The van der Waals surface area contributed by atoms with Crippen molar-refractivity contribution >= 4 is 71.3 Å². The Labute approximate surface area is 245 Å². The lowest BCUT2D eigenvalue weighted by Crippen LogP contribution is -2.23. The number of nitrogens with zero attached hydrogens (tertiary/aromatic N) is 4. The van der Waals surface area contributed by atoms with Crippen molar-refractivity contribution in [3.8, 4) is 0 Å². The van der Waals surface area contributed by atoms with E-state index in [9.17, 15) is 9.59 Å². The molecule has 3 aromatic rings. The van der Waals surface area contributed by atoms with E-state index < -0.39 is 0 Å². The summed E-state index contributed by atoms with van der Waals surface area (Å²) in [5, 5.41) is 11.2. The summed E-state index contributed by atoms with van der Waals surface area (Å²) in [4.78, 5) is 38.1. The van der Waals surface area contributed by atoms with E-state index in [4.69, 9.17) is 0 Å². The molecule has 0 unspecified atom stereocenters. The Bertz CT molecular complexity index is 1270. The Morgan fingerprint density at radius 3 is 1.07 bits per heavy atom. The first-order valence-corrected chi connectivity index (χ1v) is 12.4. The second kappa shape index (κ2) is 13.7. The van der Waals surface area contributed by atoms with Crippen LogP contribution in [0.25, 0.3) is 0 Å². The largest absolute Gasteiger partial charge is 0.358 e. The second-order valence-corrected chi connectivity index (χ2v) is 9.14. The number of carbonyl (C=O) groups excluding carboxylic acids is 2. The van der Waals surface area contributed by atoms with Crippen molar-refractivity contribution in [2.45, 2.75) is 0 Å². The van der Waals surface area contributed by atoms with Crippen LogP contribution in [0, 0.1) is 0 Å². The molecule has 2 heterocycles. The predicted octanol–water partition coefficient (Wildman–Crippen LogP) is 5.20. The summed E-state index contributed by atoms with van der Waals surface area (Å²) in [5.41, 5.74) is 4.60. The minimum Gasteiger partial charge on any atom is -0.358 e. The van der Waals surface area contributed by atoms with Gasteiger partial charge in [-0.1, -0.05) is 0 Å². The van der Waals surface area contributed by atoms with E-state index in [0.717, 1.165) is 49.0 Å². The number of nitrogens with one attached hydrogen (secondary N) is 4. The van der Waals surface area contributed by atoms with E-state index in [1.807, 2.05) is 62.6 Å². The first-order valence-electron chi connectivity index (χ1n) is 12.4. The highest BCUT2D eigenvalue weighted by Crippen LogP contribution is 2.18. The average molecular weight is 584 g/mol. The van der Waals surface area contributed by atoms with Gasteiger partial charge in [-0.15, -0.1) is 24.8 Å². The van der Waals surface area contributed by atoms with Gasteiger partial charge < -0.3 is 31.1 Å². The normalized spacial score (nSPS) is 13.8. The molecule has 0 radical (unpaired) electrons. The van der Waals surface area contributed by atoms with Gasteiger partial charge in [0.2, 0.25) is 0 Å². The number of hydrogen-bond acceptors (Lipinski definition) is 6. The third kappa shape index (κ3) is 7.43. The highest BCUT2D eigenvalue weighted by atomic mass is 35.5. The maximum atomic E-state index is 12.4. The molecule has 0 spiro atoms. The van der Waals surface area contributed by atoms with Crippen LogP contribution in [0.2, 0.25) is 0 Å². The van der Waals surface area contributed by atoms with Gasteiger partial charge in [0.1, 0.15) is 11.7 Å². The minimum absolute atomic E-state index is 0. The van der Waals surface area contributed by atoms with Gasteiger partial charge in [-0.05, 0) is 72.8 Å². The molecule has 0 atom stereocenters. The second-order valence-electron chi connectivity index (χ2n) is 9.14. The molecule has 0 saturated carbocycles. The fourth-order valence-corrected chi connectivity index (χ4v) is 4.32. The molecule has 12 heteroatoms. The van der Waals surface area contributed by atoms with Gasteiger partial charge in [0.25, 0.3) is 0 Å². The molecule has 0 saturated heterocycles. The molecule has 40 heavy (non-hydrogen) atoms. The standard InChI is InChI=1S/C28H30N8O2.2ClH/c1-35-17-15-29-25(35)19-3-7-21(8-4-19)31-27(37)33-23-11-13-24(14-12-23)34-28(38)32-22-9-5-20(6-10-22)26-30-16-18-36(26)2;;/h3-14H,15-18H2,1-2H3,(H2,31,33,37)(H2,32,34,38);2*1H. The van der Waals surface area contributed by atoms with Crippen molar-refractivity contribution in [3.63, 3.8) is 0 Å². The highest BCUT2D eigenvalue weighted by molar-refractivity contribution is 6.03. The molecule has 3 aromatic carbocycles. The van der Waals surface area contributed by atoms with Crippen molar-refractivity contribution < 1.29 is 9.59 Å². The number of amidine groups is 2. The molecular weight excluding hydrogens is 551 g/mol. The van der Waals surface area contributed by atoms with Crippen molar-refractivity contribution in [1.29, 1.82) is 0 Å². The first kappa shape index (κ1) is 30.3. The van der Waals surface area contributed by atoms with Gasteiger partial charge >= 0.3 is 12.1 Å². The maximum Gasteiger partial charge on any atom is 0.323 e. The van der Waals surface area contributed by atoms with Gasteiger partial charge in [-0.2, -0.15) is 0 Å². The van der Waals surface area contributed by atoms with E-state index in [-0.39, 0.29) is 36.9 Å². The predicted molar refractivity (Wildman–Crippen MR) is 167 cm³/mol. The number of benzene rings is 3. The summed E-state index contributed by atoms with van der Waals surface area (Å²) in [6.07, 6.45) is 0. The lowest BCUT2D eigenvalue weighted by Gasteiger charge is -2.14. The fraction of sp³-hybridized carbons (Fsp3) is 0.214. The van der Waals surface area contributed by atoms with Crippen LogP contribution in [0.3, 0.4) is 0 Å². The molecular formula is C28H32Cl2N8O2. The van der Waals surface area contributed by atoms with E-state index in [1.54, 1.807) is 24.3 Å². The quantitative estimate of drug-likeness (QED) is 0.320. The SMILES string of the molecule is CN1CCN=C1c1ccc(NC(=O)Nc2ccc(NC(=O)Nc3ccc(C4=NCCN4C)cc3)cc2)cc1.Cl.Cl. The van der Waals surface area contributed by atoms with Gasteiger partial charge in [0, 0.05) is 61.1 Å². The van der Waals surface area contributed by atoms with Crippen molar-refractivity contribution in [1.82, 2.24) is 9.80 Å². The number of aliphatic imine (C=N–C) groups is 2. The maximum absolute atomic E-state index is 12.4. The molecule has 2 aliphatic heterocycles. The Balaban J connectivity index is 0.00000220. The summed E-state index contributed by atoms with van der Waals surface area (Å²) in [6.45, 7) is 3.44. The topological polar surface area (TPSA) is 113 Å². The summed E-state index contributed by atoms with van der Waals surface area (Å²) >= 11 is 0. The third-order valence-electron chi connectivity index (χ3n) is 6.32. The van der Waals surface area contributed by atoms with Crippen LogP contribution in [-0.2, 0) is 0 Å². The van der Waals surface area contributed by atoms with E-state index in [2.05, 4.69) is 41.1 Å². The number of halogens is 2. The Morgan fingerprint density at radius 1 is 0.550 bits per heavy atom. The lowest BCUT2D eigenvalue weighted by molar-refractivity contribution is 0.261. The zero-order valence-electron chi connectivity index (χ0n) is 22.2. The zero-order valence-corrected chi connectivity index (χ0v) is 23.8. The Morgan fingerprint density at radius 2 is 0.825 bits per heavy atom. The molecule has 210 valence electrons. The molecule has 2 aliphatic rings. The Kier molecular flexibility index (Phi) is 10.4. The summed E-state index contributed by atoms with van der Waals surface area (Å²) in [5.74, 6) is 1.92. The number of rotatable bonds is 6. The third-order valence-corrected chi connectivity index (χ3v) is 6.32. The molecule has 0 fully saturated rings. The molecule has 0 aromatic heterocycles. The van der Waals surface area contributed by atoms with Crippen molar-refractivity contribution in [2.75, 3.05) is 61.5 Å². The van der Waals surface area contributed by atoms with E-state index >= 15 is 0 Å². The smallest absolute Gasteiger partial charge is 0.323 e. The zero-order chi connectivity index (χ0) is 26.5. The van der Waals surface area contributed by atoms with Crippen LogP contribution >= 0.6 is 24.8 Å². The number of hydrogen-bond donors (Lipinski definition) is 4. The van der Waals surface area contributed by atoms with E-state index in [1.165, 1.54) is 0 Å². The lowest BCUT2D eigenvalue weighted by atomic mass is 10.2. The number of carbonyl (C=O) groups is 2. The van der Waals surface area contributed by atoms with E-state index in [0.29, 0.717) is 22.7 Å². The van der Waals surface area contributed by atoms with Crippen LogP contribution < -0.4 is 21.3 Å². The van der Waals surface area contributed by atoms with Crippen molar-refractivity contribution in [2.24, 2.45) is 9.98 Å². The molecule has 5 rings (SSSR count). The minimum atomic E-state index is -0.357. The average Bonchev–Trinajstić information content (AvgIpc) is 3.54. The van der Waals surface area contributed by atoms with Crippen LogP contribution in [0.5, 0.6) is 0 Å². The van der Waals surface area contributed by atoms with Gasteiger partial charge in [0.05, 0.1) is 13.1 Å². The van der Waals surface area contributed by atoms with Crippen LogP contribution in [0.15, 0.2) is 82.8 Å². The summed E-state index contributed by atoms with van der Waals surface area (Å²) in [6, 6.07) is 21.4. The highest BCUT2D eigenvalue weighted by Gasteiger charge is 2.15. The monoisotopic (exact) mass is 582 g/mol. The van der Waals surface area contributed by atoms with Crippen LogP contribution in [0.4, 0.5) is 32.3 Å². The summed E-state index contributed by atoms with van der Waals surface area (Å²) in [7, 11) is 4.03. The van der Waals surface area contributed by atoms with Crippen molar-refractivity contribution in [3.05, 3.63) is 83.9 Å². The van der Waals surface area contributed by atoms with Crippen LogP contribution in [0.1, 0.15) is 11.1 Å². The molecule has 0 bridgehead atoms. The molecule has 10 nitrogen and oxygen atoms in total. The summed E-state index contributed by atoms with van der Waals surface area (Å²) < 4.78 is 0.